The molecule has 0 saturated carbocycles. The van der Waals surface area contributed by atoms with Crippen molar-refractivity contribution >= 4 is 69.8 Å². The molecule has 3 aromatic carbocycles. The van der Waals surface area contributed by atoms with E-state index in [-0.39, 0.29) is 11.0 Å². The van der Waals surface area contributed by atoms with Crippen molar-refractivity contribution in [1.82, 2.24) is 10.2 Å². The molecule has 0 bridgehead atoms. The number of amides is 2. The van der Waals surface area contributed by atoms with Gasteiger partial charge in [-0.2, -0.15) is 0 Å². The first-order valence-electron chi connectivity index (χ1n) is 11.9. The minimum Gasteiger partial charge on any atom is -0.495 e. The van der Waals surface area contributed by atoms with Gasteiger partial charge in [-0.3, -0.25) is 14.9 Å². The number of methoxy groups -OCH3 is 1. The summed E-state index contributed by atoms with van der Waals surface area (Å²) < 4.78 is 5.13. The van der Waals surface area contributed by atoms with Crippen LogP contribution in [0.1, 0.15) is 15.9 Å². The summed E-state index contributed by atoms with van der Waals surface area (Å²) in [5.74, 6) is 0.0401. The van der Waals surface area contributed by atoms with Crippen molar-refractivity contribution in [2.24, 2.45) is 0 Å². The third-order valence-corrected chi connectivity index (χ3v) is 6.73. The maximum Gasteiger partial charge on any atom is 0.257 e. The van der Waals surface area contributed by atoms with Gasteiger partial charge in [0.15, 0.2) is 5.11 Å². The van der Waals surface area contributed by atoms with Crippen LogP contribution in [0, 0.1) is 0 Å². The number of carbonyl (C=O) groups excluding carboxylic acids is 2. The highest BCUT2D eigenvalue weighted by Gasteiger charge is 2.22. The molecule has 196 valence electrons. The largest absolute Gasteiger partial charge is 0.495 e. The Labute approximate surface area is 237 Å². The number of hydrogen-bond donors (Lipinski definition) is 2. The van der Waals surface area contributed by atoms with Crippen molar-refractivity contribution < 1.29 is 14.3 Å². The average molecular weight is 570 g/mol. The van der Waals surface area contributed by atoms with E-state index in [1.165, 1.54) is 13.2 Å². The van der Waals surface area contributed by atoms with Gasteiger partial charge in [-0.1, -0.05) is 53.5 Å². The molecule has 7 nitrogen and oxygen atoms in total. The molecule has 10 heteroatoms. The molecule has 1 heterocycles. The lowest BCUT2D eigenvalue weighted by Gasteiger charge is -2.36. The van der Waals surface area contributed by atoms with Crippen LogP contribution in [0.5, 0.6) is 5.75 Å². The second kappa shape index (κ2) is 12.8. The molecule has 1 aliphatic heterocycles. The second-order valence-corrected chi connectivity index (χ2v) is 9.73. The zero-order valence-electron chi connectivity index (χ0n) is 20.6. The normalized spacial score (nSPS) is 13.3. The molecule has 0 spiro atoms. The topological polar surface area (TPSA) is 73.9 Å². The van der Waals surface area contributed by atoms with Crippen LogP contribution in [0.25, 0.3) is 6.08 Å². The standard InChI is InChI=1S/C28H26Cl2N4O3S/c1-37-25-11-8-20(17-22(25)30)27(36)32-28(38)31-23-18-21(29)9-10-24(23)33-13-15-34(16-14-33)26(35)12-7-19-5-3-2-4-6-19/h2-12,17-18H,13-16H2,1H3,(H2,31,32,36,38)/b12-7+. The molecule has 4 rings (SSSR count). The molecular weight excluding hydrogens is 543 g/mol. The van der Waals surface area contributed by atoms with E-state index < -0.39 is 5.91 Å². The van der Waals surface area contributed by atoms with Gasteiger partial charge in [-0.05, 0) is 60.3 Å². The lowest BCUT2D eigenvalue weighted by molar-refractivity contribution is -0.126. The van der Waals surface area contributed by atoms with Gasteiger partial charge >= 0.3 is 0 Å². The lowest BCUT2D eigenvalue weighted by atomic mass is 10.2. The molecule has 0 aromatic heterocycles. The van der Waals surface area contributed by atoms with E-state index in [0.717, 1.165) is 11.3 Å². The summed E-state index contributed by atoms with van der Waals surface area (Å²) in [6, 6.07) is 19.9. The van der Waals surface area contributed by atoms with Crippen LogP contribution in [-0.2, 0) is 4.79 Å². The molecule has 2 N–H and O–H groups in total. The number of halogens is 2. The molecular formula is C28H26Cl2N4O3S. The van der Waals surface area contributed by atoms with Crippen molar-refractivity contribution in [3.63, 3.8) is 0 Å². The fourth-order valence-electron chi connectivity index (χ4n) is 4.03. The summed E-state index contributed by atoms with van der Waals surface area (Å²) in [7, 11) is 1.50. The van der Waals surface area contributed by atoms with Gasteiger partial charge in [0, 0.05) is 42.8 Å². The number of anilines is 2. The van der Waals surface area contributed by atoms with E-state index in [4.69, 9.17) is 40.2 Å². The van der Waals surface area contributed by atoms with Gasteiger partial charge in [-0.15, -0.1) is 0 Å². The minimum absolute atomic E-state index is 0.0227. The third-order valence-electron chi connectivity index (χ3n) is 6.00. The van der Waals surface area contributed by atoms with Gasteiger partial charge < -0.3 is 19.9 Å². The number of hydrogen-bond acceptors (Lipinski definition) is 5. The van der Waals surface area contributed by atoms with E-state index in [1.54, 1.807) is 30.3 Å². The van der Waals surface area contributed by atoms with E-state index in [2.05, 4.69) is 15.5 Å². The Hall–Kier alpha value is -3.59. The monoisotopic (exact) mass is 568 g/mol. The highest BCUT2D eigenvalue weighted by Crippen LogP contribution is 2.30. The van der Waals surface area contributed by atoms with Crippen LogP contribution < -0.4 is 20.3 Å². The van der Waals surface area contributed by atoms with Crippen molar-refractivity contribution in [2.75, 3.05) is 43.5 Å². The number of nitrogens with one attached hydrogen (secondary N) is 2. The summed E-state index contributed by atoms with van der Waals surface area (Å²) in [6.07, 6.45) is 3.43. The maximum atomic E-state index is 12.7. The summed E-state index contributed by atoms with van der Waals surface area (Å²) in [5, 5.41) is 6.71. The molecule has 2 amide bonds. The molecule has 0 unspecified atom stereocenters. The Bertz CT molecular complexity index is 1360. The van der Waals surface area contributed by atoms with Crippen LogP contribution >= 0.6 is 35.4 Å². The number of benzene rings is 3. The number of rotatable bonds is 6. The smallest absolute Gasteiger partial charge is 0.257 e. The number of carbonyl (C=O) groups is 2. The van der Waals surface area contributed by atoms with Crippen LogP contribution in [-0.4, -0.2) is 55.1 Å². The molecule has 0 aliphatic carbocycles. The SMILES string of the molecule is COc1ccc(C(=O)NC(=S)Nc2cc(Cl)ccc2N2CCN(C(=O)/C=C/c3ccccc3)CC2)cc1Cl. The fraction of sp³-hybridized carbons (Fsp3) is 0.179. The first-order chi connectivity index (χ1) is 18.3. The summed E-state index contributed by atoms with van der Waals surface area (Å²) in [5.41, 5.74) is 2.84. The Morgan fingerprint density at radius 3 is 2.39 bits per heavy atom. The molecule has 1 saturated heterocycles. The Morgan fingerprint density at radius 2 is 1.71 bits per heavy atom. The summed E-state index contributed by atoms with van der Waals surface area (Å²) in [6.45, 7) is 2.40. The number of ether oxygens (including phenoxy) is 1. The minimum atomic E-state index is -0.411. The van der Waals surface area contributed by atoms with Crippen molar-refractivity contribution in [1.29, 1.82) is 0 Å². The Kier molecular flexibility index (Phi) is 9.23. The van der Waals surface area contributed by atoms with Gasteiger partial charge in [-0.25, -0.2) is 0 Å². The van der Waals surface area contributed by atoms with Crippen molar-refractivity contribution in [3.8, 4) is 5.75 Å². The highest BCUT2D eigenvalue weighted by molar-refractivity contribution is 7.80. The first kappa shape index (κ1) is 27.4. The summed E-state index contributed by atoms with van der Waals surface area (Å²) in [4.78, 5) is 29.3. The van der Waals surface area contributed by atoms with Crippen LogP contribution in [0.15, 0.2) is 72.8 Å². The van der Waals surface area contributed by atoms with Gasteiger partial charge in [0.25, 0.3) is 5.91 Å². The Morgan fingerprint density at radius 1 is 0.974 bits per heavy atom. The van der Waals surface area contributed by atoms with E-state index in [1.807, 2.05) is 47.4 Å². The molecule has 1 fully saturated rings. The van der Waals surface area contributed by atoms with Gasteiger partial charge in [0.1, 0.15) is 5.75 Å². The van der Waals surface area contributed by atoms with E-state index in [9.17, 15) is 9.59 Å². The van der Waals surface area contributed by atoms with Gasteiger partial charge in [0.2, 0.25) is 5.91 Å². The highest BCUT2D eigenvalue weighted by atomic mass is 35.5. The molecule has 0 radical (unpaired) electrons. The van der Waals surface area contributed by atoms with Gasteiger partial charge in [0.05, 0.1) is 23.5 Å². The number of piperazine rings is 1. The maximum absolute atomic E-state index is 12.7. The number of nitrogens with zero attached hydrogens (tertiary/aromatic N) is 2. The summed E-state index contributed by atoms with van der Waals surface area (Å²) >= 11 is 17.8. The Balaban J connectivity index is 1.38. The molecule has 0 atom stereocenters. The van der Waals surface area contributed by atoms with Crippen molar-refractivity contribution in [3.05, 3.63) is 94.0 Å². The number of thiocarbonyl (C=S) groups is 1. The third kappa shape index (κ3) is 7.04. The quantitative estimate of drug-likeness (QED) is 0.302. The van der Waals surface area contributed by atoms with E-state index >= 15 is 0 Å². The van der Waals surface area contributed by atoms with Crippen LogP contribution in [0.3, 0.4) is 0 Å². The van der Waals surface area contributed by atoms with Crippen molar-refractivity contribution in [2.45, 2.75) is 0 Å². The van der Waals surface area contributed by atoms with Crippen LogP contribution in [0.4, 0.5) is 11.4 Å². The molecule has 3 aromatic rings. The zero-order valence-corrected chi connectivity index (χ0v) is 22.9. The fourth-order valence-corrected chi connectivity index (χ4v) is 4.66. The van der Waals surface area contributed by atoms with Crippen LogP contribution in [0.2, 0.25) is 10.0 Å². The predicted molar refractivity (Wildman–Crippen MR) is 157 cm³/mol. The lowest BCUT2D eigenvalue weighted by Crippen LogP contribution is -2.48. The average Bonchev–Trinajstić information content (AvgIpc) is 2.92. The first-order valence-corrected chi connectivity index (χ1v) is 13.0. The van der Waals surface area contributed by atoms with E-state index in [0.29, 0.717) is 53.2 Å². The molecule has 38 heavy (non-hydrogen) atoms. The molecule has 1 aliphatic rings. The predicted octanol–water partition coefficient (Wildman–Crippen LogP) is 5.49. The zero-order chi connectivity index (χ0) is 27.1. The second-order valence-electron chi connectivity index (χ2n) is 8.48.